The van der Waals surface area contributed by atoms with Gasteiger partial charge in [0, 0.05) is 6.54 Å². The van der Waals surface area contributed by atoms with Crippen LogP contribution in [0.2, 0.25) is 0 Å². The van der Waals surface area contributed by atoms with Crippen molar-refractivity contribution in [2.75, 3.05) is 13.1 Å². The van der Waals surface area contributed by atoms with E-state index in [-0.39, 0.29) is 24.0 Å². The van der Waals surface area contributed by atoms with E-state index in [4.69, 9.17) is 0 Å². The lowest BCUT2D eigenvalue weighted by Gasteiger charge is -2.26. The highest BCUT2D eigenvalue weighted by atomic mass is 35.5. The molecule has 1 fully saturated rings. The molecule has 1 heterocycles. The van der Waals surface area contributed by atoms with E-state index in [1.165, 1.54) is 24.3 Å². The van der Waals surface area contributed by atoms with Gasteiger partial charge in [-0.1, -0.05) is 24.3 Å². The molecule has 1 atom stereocenters. The molecule has 1 aliphatic heterocycles. The molecule has 1 saturated heterocycles. The fourth-order valence-electron chi connectivity index (χ4n) is 2.81. The quantitative estimate of drug-likeness (QED) is 0.878. The van der Waals surface area contributed by atoms with Gasteiger partial charge in [-0.2, -0.15) is 0 Å². The van der Waals surface area contributed by atoms with Crippen molar-refractivity contribution < 1.29 is 13.9 Å². The molecule has 0 aromatic heterocycles. The number of hydrogen-bond acceptors (Lipinski definition) is 2. The molecule has 0 spiro atoms. The van der Waals surface area contributed by atoms with Crippen LogP contribution in [0.4, 0.5) is 8.78 Å². The summed E-state index contributed by atoms with van der Waals surface area (Å²) in [6.45, 7) is 1.26. The number of hydrogen-bond donors (Lipinski definition) is 2. The third-order valence-corrected chi connectivity index (χ3v) is 3.90. The Morgan fingerprint density at radius 3 is 1.83 bits per heavy atom. The van der Waals surface area contributed by atoms with Crippen molar-refractivity contribution in [2.24, 2.45) is 0 Å². The standard InChI is InChI=1S/C18H17F2NO.ClH/c19-14-5-1-12(2-6-14)18(13-3-7-15(20)8-4-13)16-9-10-21-11-17(16)22;/h1-8,17,21-22H,9-11H2;1H. The number of aliphatic hydroxyl groups is 1. The molecule has 2 nitrogen and oxygen atoms in total. The summed E-state index contributed by atoms with van der Waals surface area (Å²) < 4.78 is 26.4. The fraction of sp³-hybridized carbons (Fsp3) is 0.222. The maximum Gasteiger partial charge on any atom is 0.123 e. The van der Waals surface area contributed by atoms with Gasteiger partial charge in [-0.25, -0.2) is 8.78 Å². The van der Waals surface area contributed by atoms with Gasteiger partial charge in [0.25, 0.3) is 0 Å². The Hall–Kier alpha value is -1.75. The average Bonchev–Trinajstić information content (AvgIpc) is 2.53. The van der Waals surface area contributed by atoms with Crippen LogP contribution in [0.25, 0.3) is 5.57 Å². The van der Waals surface area contributed by atoms with Crippen molar-refractivity contribution in [3.05, 3.63) is 76.9 Å². The summed E-state index contributed by atoms with van der Waals surface area (Å²) in [7, 11) is 0. The van der Waals surface area contributed by atoms with E-state index in [2.05, 4.69) is 5.32 Å². The molecule has 0 bridgehead atoms. The second-order valence-corrected chi connectivity index (χ2v) is 5.38. The van der Waals surface area contributed by atoms with Gasteiger partial charge in [-0.05, 0) is 59.5 Å². The Labute approximate surface area is 140 Å². The summed E-state index contributed by atoms with van der Waals surface area (Å²) in [5.74, 6) is -0.615. The van der Waals surface area contributed by atoms with Crippen LogP contribution in [0.3, 0.4) is 0 Å². The summed E-state index contributed by atoms with van der Waals surface area (Å²) in [5.41, 5.74) is 3.40. The van der Waals surface area contributed by atoms with Gasteiger partial charge in [0.2, 0.25) is 0 Å². The first-order chi connectivity index (χ1) is 10.6. The zero-order valence-electron chi connectivity index (χ0n) is 12.4. The topological polar surface area (TPSA) is 32.3 Å². The van der Waals surface area contributed by atoms with Gasteiger partial charge >= 0.3 is 0 Å². The molecule has 2 N–H and O–H groups in total. The maximum atomic E-state index is 13.2. The number of β-amino-alcohol motifs (C(OH)–C–C–N with tert-alkyl or cyclic N) is 1. The number of piperidine rings is 1. The molecule has 0 aliphatic carbocycles. The minimum Gasteiger partial charge on any atom is -0.387 e. The van der Waals surface area contributed by atoms with Gasteiger partial charge in [0.15, 0.2) is 0 Å². The Morgan fingerprint density at radius 1 is 0.913 bits per heavy atom. The lowest BCUT2D eigenvalue weighted by Crippen LogP contribution is -2.36. The van der Waals surface area contributed by atoms with Crippen LogP contribution in [0.1, 0.15) is 17.5 Å². The summed E-state index contributed by atoms with van der Waals surface area (Å²) >= 11 is 0. The lowest BCUT2D eigenvalue weighted by molar-refractivity contribution is 0.191. The van der Waals surface area contributed by atoms with Gasteiger partial charge in [0.05, 0.1) is 6.10 Å². The molecule has 2 aromatic carbocycles. The lowest BCUT2D eigenvalue weighted by atomic mass is 9.87. The van der Waals surface area contributed by atoms with Crippen LogP contribution in [0.5, 0.6) is 0 Å². The normalized spacial score (nSPS) is 17.5. The summed E-state index contributed by atoms with van der Waals surface area (Å²) in [5, 5.41) is 13.4. The first-order valence-corrected chi connectivity index (χ1v) is 7.29. The van der Waals surface area contributed by atoms with Crippen molar-refractivity contribution in [3.8, 4) is 0 Å². The van der Waals surface area contributed by atoms with E-state index in [0.29, 0.717) is 13.0 Å². The van der Waals surface area contributed by atoms with E-state index in [0.717, 1.165) is 28.8 Å². The summed E-state index contributed by atoms with van der Waals surface area (Å²) in [6, 6.07) is 12.3. The smallest absolute Gasteiger partial charge is 0.123 e. The van der Waals surface area contributed by atoms with Crippen molar-refractivity contribution in [1.82, 2.24) is 5.32 Å². The SMILES string of the molecule is Cl.OC1CNCCC1=C(c1ccc(F)cc1)c1ccc(F)cc1. The fourth-order valence-corrected chi connectivity index (χ4v) is 2.81. The molecule has 23 heavy (non-hydrogen) atoms. The zero-order chi connectivity index (χ0) is 15.5. The van der Waals surface area contributed by atoms with Crippen molar-refractivity contribution >= 4 is 18.0 Å². The average molecular weight is 338 g/mol. The van der Waals surface area contributed by atoms with E-state index >= 15 is 0 Å². The van der Waals surface area contributed by atoms with Crippen LogP contribution in [-0.2, 0) is 0 Å². The molecule has 1 unspecified atom stereocenters. The molecule has 0 saturated carbocycles. The van der Waals surface area contributed by atoms with E-state index in [1.807, 2.05) is 0 Å². The van der Waals surface area contributed by atoms with Crippen molar-refractivity contribution in [3.63, 3.8) is 0 Å². The molecule has 0 amide bonds. The van der Waals surface area contributed by atoms with Crippen molar-refractivity contribution in [1.29, 1.82) is 0 Å². The Morgan fingerprint density at radius 2 is 1.39 bits per heavy atom. The number of halogens is 3. The highest BCUT2D eigenvalue weighted by molar-refractivity contribution is 5.85. The second kappa shape index (κ2) is 7.68. The van der Waals surface area contributed by atoms with Crippen molar-refractivity contribution in [2.45, 2.75) is 12.5 Å². The predicted molar refractivity (Wildman–Crippen MR) is 89.6 cm³/mol. The minimum atomic E-state index is -0.598. The third-order valence-electron chi connectivity index (χ3n) is 3.90. The monoisotopic (exact) mass is 337 g/mol. The number of aliphatic hydroxyl groups excluding tert-OH is 1. The highest BCUT2D eigenvalue weighted by Gasteiger charge is 2.21. The molecular formula is C18H18ClF2NO. The molecule has 3 rings (SSSR count). The molecule has 2 aromatic rings. The van der Waals surface area contributed by atoms with Gasteiger partial charge in [0.1, 0.15) is 11.6 Å². The van der Waals surface area contributed by atoms with Crippen LogP contribution < -0.4 is 5.32 Å². The van der Waals surface area contributed by atoms with Gasteiger partial charge in [-0.3, -0.25) is 0 Å². The number of rotatable bonds is 2. The Bertz CT molecular complexity index is 636. The predicted octanol–water partition coefficient (Wildman–Crippen LogP) is 3.54. The van der Waals surface area contributed by atoms with Crippen LogP contribution in [0.15, 0.2) is 54.1 Å². The molecule has 0 radical (unpaired) electrons. The van der Waals surface area contributed by atoms with E-state index in [1.54, 1.807) is 24.3 Å². The molecule has 122 valence electrons. The summed E-state index contributed by atoms with van der Waals surface area (Å²) in [4.78, 5) is 0. The van der Waals surface area contributed by atoms with Crippen LogP contribution in [0, 0.1) is 11.6 Å². The molecule has 5 heteroatoms. The maximum absolute atomic E-state index is 13.2. The van der Waals surface area contributed by atoms with E-state index in [9.17, 15) is 13.9 Å². The first-order valence-electron chi connectivity index (χ1n) is 7.29. The Kier molecular flexibility index (Phi) is 5.88. The molecular weight excluding hydrogens is 320 g/mol. The van der Waals surface area contributed by atoms with E-state index < -0.39 is 6.10 Å². The Balaban J connectivity index is 0.00000192. The largest absolute Gasteiger partial charge is 0.387 e. The number of nitrogens with one attached hydrogen (secondary N) is 1. The van der Waals surface area contributed by atoms with Crippen LogP contribution in [-0.4, -0.2) is 24.3 Å². The summed E-state index contributed by atoms with van der Waals surface area (Å²) in [6.07, 6.45) is 0.101. The minimum absolute atomic E-state index is 0. The van der Waals surface area contributed by atoms with Gasteiger partial charge < -0.3 is 10.4 Å². The zero-order valence-corrected chi connectivity index (χ0v) is 13.2. The molecule has 1 aliphatic rings. The third kappa shape index (κ3) is 3.96. The second-order valence-electron chi connectivity index (χ2n) is 5.38. The first kappa shape index (κ1) is 17.6. The highest BCUT2D eigenvalue weighted by Crippen LogP contribution is 2.31. The van der Waals surface area contributed by atoms with Gasteiger partial charge in [-0.15, -0.1) is 12.4 Å². The number of benzene rings is 2. The van der Waals surface area contributed by atoms with Crippen LogP contribution >= 0.6 is 12.4 Å².